The summed E-state index contributed by atoms with van der Waals surface area (Å²) in [7, 11) is 1.74. The van der Waals surface area contributed by atoms with Crippen LogP contribution in [0.3, 0.4) is 0 Å². The molecule has 1 saturated carbocycles. The van der Waals surface area contributed by atoms with Gasteiger partial charge in [0.05, 0.1) is 6.04 Å². The smallest absolute Gasteiger partial charge is 0.223 e. The highest BCUT2D eigenvalue weighted by atomic mass is 35.5. The summed E-state index contributed by atoms with van der Waals surface area (Å²) < 4.78 is 13.8. The third-order valence-electron chi connectivity index (χ3n) is 4.48. The number of nitrogens with two attached hydrogens (primary N) is 1. The van der Waals surface area contributed by atoms with Gasteiger partial charge in [-0.05, 0) is 31.7 Å². The Morgan fingerprint density at radius 2 is 2.10 bits per heavy atom. The maximum atomic E-state index is 13.8. The molecule has 0 heterocycles. The molecule has 3 nitrogen and oxygen atoms in total. The number of hydrogen-bond donors (Lipinski definition) is 1. The van der Waals surface area contributed by atoms with Crippen molar-refractivity contribution in [1.82, 2.24) is 4.90 Å². The van der Waals surface area contributed by atoms with Crippen molar-refractivity contribution in [3.63, 3.8) is 0 Å². The molecule has 0 bridgehead atoms. The van der Waals surface area contributed by atoms with Crippen LogP contribution in [0.15, 0.2) is 24.3 Å². The minimum absolute atomic E-state index is 0. The van der Waals surface area contributed by atoms with Crippen molar-refractivity contribution in [3.05, 3.63) is 35.6 Å². The van der Waals surface area contributed by atoms with Crippen LogP contribution in [0.4, 0.5) is 4.39 Å². The molecular weight excluding hydrogens is 291 g/mol. The Morgan fingerprint density at radius 3 is 2.67 bits per heavy atom. The van der Waals surface area contributed by atoms with Gasteiger partial charge in [0.25, 0.3) is 0 Å². The average molecular weight is 315 g/mol. The van der Waals surface area contributed by atoms with E-state index in [1.165, 1.54) is 6.07 Å². The molecule has 2 rings (SSSR count). The fourth-order valence-electron chi connectivity index (χ4n) is 2.93. The third kappa shape index (κ3) is 4.17. The van der Waals surface area contributed by atoms with Crippen LogP contribution >= 0.6 is 12.4 Å². The minimum Gasteiger partial charge on any atom is -0.339 e. The van der Waals surface area contributed by atoms with Gasteiger partial charge >= 0.3 is 0 Å². The van der Waals surface area contributed by atoms with Crippen LogP contribution in [-0.2, 0) is 4.79 Å². The number of benzene rings is 1. The number of hydrogen-bond acceptors (Lipinski definition) is 2. The zero-order valence-corrected chi connectivity index (χ0v) is 13.4. The molecule has 0 aromatic heterocycles. The van der Waals surface area contributed by atoms with Gasteiger partial charge in [-0.25, -0.2) is 4.39 Å². The van der Waals surface area contributed by atoms with E-state index in [-0.39, 0.29) is 42.1 Å². The molecule has 21 heavy (non-hydrogen) atoms. The Kier molecular flexibility index (Phi) is 6.62. The second kappa shape index (κ2) is 7.76. The molecule has 1 aliphatic carbocycles. The van der Waals surface area contributed by atoms with Gasteiger partial charge in [0.1, 0.15) is 5.82 Å². The van der Waals surface area contributed by atoms with E-state index in [4.69, 9.17) is 5.73 Å². The van der Waals surface area contributed by atoms with Gasteiger partial charge in [0.15, 0.2) is 0 Å². The van der Waals surface area contributed by atoms with Crippen LogP contribution in [0.25, 0.3) is 0 Å². The van der Waals surface area contributed by atoms with E-state index >= 15 is 0 Å². The monoisotopic (exact) mass is 314 g/mol. The van der Waals surface area contributed by atoms with Gasteiger partial charge in [-0.2, -0.15) is 0 Å². The molecule has 0 radical (unpaired) electrons. The quantitative estimate of drug-likeness (QED) is 0.927. The van der Waals surface area contributed by atoms with Crippen molar-refractivity contribution in [2.75, 3.05) is 7.05 Å². The molecule has 1 aromatic carbocycles. The number of nitrogens with zero attached hydrogens (tertiary/aromatic N) is 1. The van der Waals surface area contributed by atoms with Gasteiger partial charge in [-0.15, -0.1) is 12.4 Å². The Morgan fingerprint density at radius 1 is 1.43 bits per heavy atom. The molecule has 1 fully saturated rings. The summed E-state index contributed by atoms with van der Waals surface area (Å²) in [6, 6.07) is 6.48. The molecule has 1 unspecified atom stereocenters. The van der Waals surface area contributed by atoms with Crippen molar-refractivity contribution in [2.45, 2.75) is 44.7 Å². The second-order valence-electron chi connectivity index (χ2n) is 5.76. The molecule has 0 spiro atoms. The van der Waals surface area contributed by atoms with Crippen molar-refractivity contribution >= 4 is 18.3 Å². The van der Waals surface area contributed by atoms with Crippen molar-refractivity contribution < 1.29 is 9.18 Å². The zero-order chi connectivity index (χ0) is 14.7. The summed E-state index contributed by atoms with van der Waals surface area (Å²) in [5, 5.41) is 0. The summed E-state index contributed by atoms with van der Waals surface area (Å²) in [5.74, 6) is 0.0538. The summed E-state index contributed by atoms with van der Waals surface area (Å²) in [6.07, 6.45) is 3.60. The predicted octanol–water partition coefficient (Wildman–Crippen LogP) is 3.28. The second-order valence-corrected chi connectivity index (χ2v) is 5.76. The van der Waals surface area contributed by atoms with Gasteiger partial charge in [0.2, 0.25) is 5.91 Å². The van der Waals surface area contributed by atoms with Crippen LogP contribution in [0.2, 0.25) is 0 Å². The summed E-state index contributed by atoms with van der Waals surface area (Å²) >= 11 is 0. The normalized spacial score (nSPS) is 22.5. The highest BCUT2D eigenvalue weighted by molar-refractivity contribution is 5.85. The number of amides is 1. The van der Waals surface area contributed by atoms with E-state index < -0.39 is 0 Å². The van der Waals surface area contributed by atoms with E-state index in [1.807, 2.05) is 6.92 Å². The lowest BCUT2D eigenvalue weighted by atomic mass is 9.98. The fraction of sp³-hybridized carbons (Fsp3) is 0.562. The molecule has 1 aliphatic rings. The largest absolute Gasteiger partial charge is 0.339 e. The molecule has 2 N–H and O–H groups in total. The molecule has 3 atom stereocenters. The van der Waals surface area contributed by atoms with E-state index in [0.29, 0.717) is 12.0 Å². The Hall–Kier alpha value is -1.13. The zero-order valence-electron chi connectivity index (χ0n) is 12.6. The van der Waals surface area contributed by atoms with Crippen molar-refractivity contribution in [2.24, 2.45) is 11.7 Å². The first kappa shape index (κ1) is 17.9. The Labute approximate surface area is 132 Å². The topological polar surface area (TPSA) is 46.3 Å². The Balaban J connectivity index is 0.00000220. The molecular formula is C16H24ClFN2O. The SMILES string of the molecule is CC(c1ccccc1F)N(C)C(=O)C[C@@H]1CCC[C@H]1N.Cl. The number of rotatable bonds is 4. The number of carbonyl (C=O) groups is 1. The standard InChI is InChI=1S/C16H23FN2O.ClH/c1-11(13-7-3-4-8-14(13)17)19(2)16(20)10-12-6-5-9-15(12)18;/h3-4,7-8,11-12,15H,5-6,9-10,18H2,1-2H3;1H/t11?,12-,15+;/m0./s1. The lowest BCUT2D eigenvalue weighted by Gasteiger charge is -2.27. The molecule has 118 valence electrons. The molecule has 1 amide bonds. The lowest BCUT2D eigenvalue weighted by molar-refractivity contribution is -0.132. The third-order valence-corrected chi connectivity index (χ3v) is 4.48. The van der Waals surface area contributed by atoms with Gasteiger partial charge in [0, 0.05) is 25.1 Å². The lowest BCUT2D eigenvalue weighted by Crippen LogP contribution is -2.34. The van der Waals surface area contributed by atoms with E-state index in [0.717, 1.165) is 19.3 Å². The van der Waals surface area contributed by atoms with Gasteiger partial charge in [-0.1, -0.05) is 24.6 Å². The molecule has 0 saturated heterocycles. The summed E-state index contributed by atoms with van der Waals surface area (Å²) in [5.41, 5.74) is 6.56. The van der Waals surface area contributed by atoms with Crippen LogP contribution in [-0.4, -0.2) is 23.9 Å². The van der Waals surface area contributed by atoms with E-state index in [1.54, 1.807) is 30.1 Å². The number of carbonyl (C=O) groups excluding carboxylic acids is 1. The van der Waals surface area contributed by atoms with Crippen molar-refractivity contribution in [3.8, 4) is 0 Å². The summed E-state index contributed by atoms with van der Waals surface area (Å²) in [4.78, 5) is 13.9. The van der Waals surface area contributed by atoms with E-state index in [2.05, 4.69) is 0 Å². The highest BCUT2D eigenvalue weighted by Crippen LogP contribution is 2.29. The van der Waals surface area contributed by atoms with Crippen LogP contribution in [0.5, 0.6) is 0 Å². The first-order valence-corrected chi connectivity index (χ1v) is 7.26. The van der Waals surface area contributed by atoms with Crippen LogP contribution < -0.4 is 5.73 Å². The van der Waals surface area contributed by atoms with Crippen LogP contribution in [0.1, 0.15) is 44.2 Å². The minimum atomic E-state index is -0.266. The Bertz CT molecular complexity index is 483. The molecule has 0 aliphatic heterocycles. The predicted molar refractivity (Wildman–Crippen MR) is 84.8 cm³/mol. The fourth-order valence-corrected chi connectivity index (χ4v) is 2.93. The van der Waals surface area contributed by atoms with E-state index in [9.17, 15) is 9.18 Å². The summed E-state index contributed by atoms with van der Waals surface area (Å²) in [6.45, 7) is 1.85. The van der Waals surface area contributed by atoms with Gasteiger partial charge in [-0.3, -0.25) is 4.79 Å². The first-order chi connectivity index (χ1) is 9.50. The molecule has 5 heteroatoms. The van der Waals surface area contributed by atoms with Gasteiger partial charge < -0.3 is 10.6 Å². The van der Waals surface area contributed by atoms with Crippen LogP contribution in [0, 0.1) is 11.7 Å². The highest BCUT2D eigenvalue weighted by Gasteiger charge is 2.28. The maximum Gasteiger partial charge on any atom is 0.223 e. The molecule has 1 aromatic rings. The number of halogens is 2. The maximum absolute atomic E-state index is 13.8. The van der Waals surface area contributed by atoms with Crippen molar-refractivity contribution in [1.29, 1.82) is 0 Å². The first-order valence-electron chi connectivity index (χ1n) is 7.26. The average Bonchev–Trinajstić information content (AvgIpc) is 2.83.